The quantitative estimate of drug-likeness (QED) is 0.727. The van der Waals surface area contributed by atoms with Crippen LogP contribution in [0.25, 0.3) is 11.5 Å². The average Bonchev–Trinajstić information content (AvgIpc) is 2.65. The zero-order chi connectivity index (χ0) is 9.97. The largest absolute Gasteiger partial charge is 0.421 e. The molecule has 0 aliphatic rings. The number of hydrogen-bond donors (Lipinski definition) is 0. The first-order valence-electron chi connectivity index (χ1n) is 4.69. The minimum atomic E-state index is 0.603. The first-order chi connectivity index (χ1) is 6.81. The summed E-state index contributed by atoms with van der Waals surface area (Å²) in [5.41, 5.74) is 2.27. The van der Waals surface area contributed by atoms with Gasteiger partial charge in [0.25, 0.3) is 0 Å². The Bertz CT molecular complexity index is 434. The lowest BCUT2D eigenvalue weighted by Crippen LogP contribution is -1.86. The molecule has 72 valence electrons. The predicted octanol–water partition coefficient (Wildman–Crippen LogP) is 2.61. The monoisotopic (exact) mass is 188 g/mol. The highest BCUT2D eigenvalue weighted by molar-refractivity contribution is 5.58. The van der Waals surface area contributed by atoms with Crippen LogP contribution < -0.4 is 0 Å². The molecule has 0 saturated carbocycles. The van der Waals surface area contributed by atoms with Crippen LogP contribution >= 0.6 is 0 Å². The first kappa shape index (κ1) is 8.94. The van der Waals surface area contributed by atoms with Crippen molar-refractivity contribution in [2.45, 2.75) is 20.3 Å². The molecule has 0 radical (unpaired) electrons. The predicted molar refractivity (Wildman–Crippen MR) is 53.8 cm³/mol. The summed E-state index contributed by atoms with van der Waals surface area (Å²) in [5, 5.41) is 7.83. The molecule has 1 aromatic carbocycles. The lowest BCUT2D eigenvalue weighted by atomic mass is 10.1. The summed E-state index contributed by atoms with van der Waals surface area (Å²) in [6.45, 7) is 3.91. The molecular weight excluding hydrogens is 176 g/mol. The maximum atomic E-state index is 5.39. The molecule has 0 fully saturated rings. The van der Waals surface area contributed by atoms with E-state index in [0.717, 1.165) is 12.0 Å². The van der Waals surface area contributed by atoms with Gasteiger partial charge in [-0.3, -0.25) is 0 Å². The van der Waals surface area contributed by atoms with E-state index in [1.54, 1.807) is 6.92 Å². The van der Waals surface area contributed by atoms with E-state index < -0.39 is 0 Å². The number of aromatic nitrogens is 2. The number of hydrogen-bond acceptors (Lipinski definition) is 3. The molecule has 0 saturated heterocycles. The van der Waals surface area contributed by atoms with Crippen molar-refractivity contribution >= 4 is 0 Å². The third-order valence-corrected chi connectivity index (χ3v) is 2.15. The Morgan fingerprint density at radius 1 is 1.21 bits per heavy atom. The Morgan fingerprint density at radius 3 is 2.64 bits per heavy atom. The third-order valence-electron chi connectivity index (χ3n) is 2.15. The summed E-state index contributed by atoms with van der Waals surface area (Å²) >= 11 is 0. The second-order valence-electron chi connectivity index (χ2n) is 3.14. The second-order valence-corrected chi connectivity index (χ2v) is 3.14. The van der Waals surface area contributed by atoms with Gasteiger partial charge in [0.1, 0.15) is 0 Å². The molecule has 1 aromatic heterocycles. The van der Waals surface area contributed by atoms with Gasteiger partial charge in [0.15, 0.2) is 0 Å². The van der Waals surface area contributed by atoms with E-state index in [2.05, 4.69) is 23.2 Å². The fourth-order valence-electron chi connectivity index (χ4n) is 1.44. The summed E-state index contributed by atoms with van der Waals surface area (Å²) in [6.07, 6.45) is 0.970. The van der Waals surface area contributed by atoms with E-state index in [-0.39, 0.29) is 0 Å². The first-order valence-corrected chi connectivity index (χ1v) is 4.69. The smallest absolute Gasteiger partial charge is 0.247 e. The molecule has 2 rings (SSSR count). The standard InChI is InChI=1S/C11H12N2O/c1-3-9-6-4-5-7-10(9)11-13-12-8(2)14-11/h4-7H,3H2,1-2H3. The van der Waals surface area contributed by atoms with Crippen LogP contribution in [-0.2, 0) is 6.42 Å². The van der Waals surface area contributed by atoms with Crippen LogP contribution in [0.15, 0.2) is 28.7 Å². The molecule has 0 aliphatic carbocycles. The number of nitrogens with zero attached hydrogens (tertiary/aromatic N) is 2. The Hall–Kier alpha value is -1.64. The molecule has 0 aliphatic heterocycles. The van der Waals surface area contributed by atoms with Crippen molar-refractivity contribution in [3.63, 3.8) is 0 Å². The maximum absolute atomic E-state index is 5.39. The van der Waals surface area contributed by atoms with Crippen molar-refractivity contribution in [2.75, 3.05) is 0 Å². The van der Waals surface area contributed by atoms with Crippen LogP contribution in [0.1, 0.15) is 18.4 Å². The third kappa shape index (κ3) is 1.53. The number of aryl methyl sites for hydroxylation is 2. The summed E-state index contributed by atoms with van der Waals surface area (Å²) in [6, 6.07) is 8.08. The van der Waals surface area contributed by atoms with Crippen molar-refractivity contribution in [3.05, 3.63) is 35.7 Å². The molecule has 14 heavy (non-hydrogen) atoms. The lowest BCUT2D eigenvalue weighted by molar-refractivity contribution is 0.532. The fraction of sp³-hybridized carbons (Fsp3) is 0.273. The van der Waals surface area contributed by atoms with Gasteiger partial charge in [-0.05, 0) is 18.1 Å². The van der Waals surface area contributed by atoms with Crippen molar-refractivity contribution in [2.24, 2.45) is 0 Å². The van der Waals surface area contributed by atoms with Crippen LogP contribution in [0, 0.1) is 6.92 Å². The topological polar surface area (TPSA) is 38.9 Å². The van der Waals surface area contributed by atoms with Crippen molar-refractivity contribution < 1.29 is 4.42 Å². The van der Waals surface area contributed by atoms with Gasteiger partial charge in [-0.25, -0.2) is 0 Å². The Morgan fingerprint density at radius 2 is 2.00 bits per heavy atom. The SMILES string of the molecule is CCc1ccccc1-c1nnc(C)o1. The van der Waals surface area contributed by atoms with Crippen LogP contribution in [0.3, 0.4) is 0 Å². The molecule has 1 heterocycles. The summed E-state index contributed by atoms with van der Waals surface area (Å²) in [4.78, 5) is 0. The number of benzene rings is 1. The van der Waals surface area contributed by atoms with Crippen LogP contribution in [0.4, 0.5) is 0 Å². The number of rotatable bonds is 2. The highest BCUT2D eigenvalue weighted by atomic mass is 16.4. The van der Waals surface area contributed by atoms with Crippen molar-refractivity contribution in [1.29, 1.82) is 0 Å². The molecular formula is C11H12N2O. The van der Waals surface area contributed by atoms with E-state index in [4.69, 9.17) is 4.42 Å². The molecule has 3 nitrogen and oxygen atoms in total. The maximum Gasteiger partial charge on any atom is 0.247 e. The van der Waals surface area contributed by atoms with E-state index in [1.165, 1.54) is 5.56 Å². The molecule has 0 unspecified atom stereocenters. The normalized spacial score (nSPS) is 10.4. The molecule has 0 spiro atoms. The lowest BCUT2D eigenvalue weighted by Gasteiger charge is -2.01. The van der Waals surface area contributed by atoms with E-state index in [0.29, 0.717) is 11.8 Å². The van der Waals surface area contributed by atoms with Gasteiger partial charge in [0.05, 0.1) is 0 Å². The second kappa shape index (κ2) is 3.62. The Labute approximate surface area is 82.8 Å². The zero-order valence-corrected chi connectivity index (χ0v) is 8.32. The van der Waals surface area contributed by atoms with Crippen LogP contribution in [-0.4, -0.2) is 10.2 Å². The molecule has 0 atom stereocenters. The average molecular weight is 188 g/mol. The highest BCUT2D eigenvalue weighted by Crippen LogP contribution is 2.22. The van der Waals surface area contributed by atoms with Crippen molar-refractivity contribution in [3.8, 4) is 11.5 Å². The van der Waals surface area contributed by atoms with Crippen LogP contribution in [0.5, 0.6) is 0 Å². The highest BCUT2D eigenvalue weighted by Gasteiger charge is 2.08. The summed E-state index contributed by atoms with van der Waals surface area (Å²) in [5.74, 6) is 1.21. The molecule has 0 N–H and O–H groups in total. The van der Waals surface area contributed by atoms with Gasteiger partial charge < -0.3 is 4.42 Å². The van der Waals surface area contributed by atoms with Gasteiger partial charge in [-0.1, -0.05) is 25.1 Å². The zero-order valence-electron chi connectivity index (χ0n) is 8.32. The van der Waals surface area contributed by atoms with Crippen molar-refractivity contribution in [1.82, 2.24) is 10.2 Å². The fourth-order valence-corrected chi connectivity index (χ4v) is 1.44. The Kier molecular flexibility index (Phi) is 2.31. The van der Waals surface area contributed by atoms with Crippen LogP contribution in [0.2, 0.25) is 0 Å². The molecule has 2 aromatic rings. The van der Waals surface area contributed by atoms with Gasteiger partial charge in [-0.2, -0.15) is 0 Å². The van der Waals surface area contributed by atoms with Gasteiger partial charge >= 0.3 is 0 Å². The minimum Gasteiger partial charge on any atom is -0.421 e. The van der Waals surface area contributed by atoms with Gasteiger partial charge in [0, 0.05) is 12.5 Å². The van der Waals surface area contributed by atoms with E-state index in [9.17, 15) is 0 Å². The van der Waals surface area contributed by atoms with E-state index in [1.807, 2.05) is 18.2 Å². The summed E-state index contributed by atoms with van der Waals surface area (Å²) < 4.78 is 5.39. The van der Waals surface area contributed by atoms with E-state index >= 15 is 0 Å². The molecule has 0 bridgehead atoms. The van der Waals surface area contributed by atoms with Gasteiger partial charge in [-0.15, -0.1) is 10.2 Å². The van der Waals surface area contributed by atoms with Gasteiger partial charge in [0.2, 0.25) is 11.8 Å². The molecule has 3 heteroatoms. The Balaban J connectivity index is 2.50. The summed E-state index contributed by atoms with van der Waals surface area (Å²) in [7, 11) is 0. The molecule has 0 amide bonds. The minimum absolute atomic E-state index is 0.603.